The van der Waals surface area contributed by atoms with Gasteiger partial charge in [-0.2, -0.15) is 0 Å². The molecule has 8 heteroatoms. The molecule has 5 rings (SSSR count). The van der Waals surface area contributed by atoms with Crippen LogP contribution in [0.5, 0.6) is 5.75 Å². The van der Waals surface area contributed by atoms with Crippen molar-refractivity contribution >= 4 is 11.8 Å². The summed E-state index contributed by atoms with van der Waals surface area (Å²) in [5.74, 6) is 0.908. The van der Waals surface area contributed by atoms with Gasteiger partial charge in [-0.05, 0) is 53.8 Å². The number of halogens is 3. The highest BCUT2D eigenvalue weighted by Gasteiger charge is 2.49. The number of nitrogens with zero attached hydrogens (tertiary/aromatic N) is 3. The number of ether oxygens (including phenoxy) is 1. The summed E-state index contributed by atoms with van der Waals surface area (Å²) in [5, 5.41) is 0. The van der Waals surface area contributed by atoms with E-state index in [4.69, 9.17) is 15.7 Å². The summed E-state index contributed by atoms with van der Waals surface area (Å²) >= 11 is 0. The van der Waals surface area contributed by atoms with Crippen LogP contribution in [-0.4, -0.2) is 36.1 Å². The largest absolute Gasteiger partial charge is 0.573 e. The Balaban J connectivity index is 1.65. The van der Waals surface area contributed by atoms with Crippen molar-refractivity contribution in [2.45, 2.75) is 25.2 Å². The molecule has 0 aromatic heterocycles. The van der Waals surface area contributed by atoms with Gasteiger partial charge in [-0.3, -0.25) is 9.89 Å². The zero-order valence-corrected chi connectivity index (χ0v) is 18.5. The number of hydrogen-bond donors (Lipinski definition) is 1. The van der Waals surface area contributed by atoms with Crippen molar-refractivity contribution < 1.29 is 17.9 Å². The third kappa shape index (κ3) is 3.89. The highest BCUT2D eigenvalue weighted by atomic mass is 19.4. The van der Waals surface area contributed by atoms with Gasteiger partial charge in [0.25, 0.3) is 0 Å². The summed E-state index contributed by atoms with van der Waals surface area (Å²) in [6, 6.07) is 21.7. The molecule has 2 aliphatic heterocycles. The number of amidine groups is 1. The SMILES string of the molecule is Cc1ccc(C2(c3cccc(-c4cccc(OC(F)(F)F)c4)c3)N=C(N)N3CCCN=C32)cc1. The fourth-order valence-electron chi connectivity index (χ4n) is 4.57. The zero-order chi connectivity index (χ0) is 23.9. The molecular formula is C26H23F3N4O. The third-order valence-electron chi connectivity index (χ3n) is 6.09. The van der Waals surface area contributed by atoms with Crippen LogP contribution in [0.25, 0.3) is 11.1 Å². The second-order valence-corrected chi connectivity index (χ2v) is 8.41. The van der Waals surface area contributed by atoms with Crippen LogP contribution in [0, 0.1) is 6.92 Å². The van der Waals surface area contributed by atoms with Crippen LogP contribution in [0.3, 0.4) is 0 Å². The van der Waals surface area contributed by atoms with Crippen molar-refractivity contribution in [2.75, 3.05) is 13.1 Å². The summed E-state index contributed by atoms with van der Waals surface area (Å²) in [6.45, 7) is 3.43. The summed E-state index contributed by atoms with van der Waals surface area (Å²) in [4.78, 5) is 11.7. The van der Waals surface area contributed by atoms with E-state index in [1.54, 1.807) is 6.07 Å². The van der Waals surface area contributed by atoms with E-state index < -0.39 is 11.9 Å². The molecule has 3 aromatic rings. The van der Waals surface area contributed by atoms with E-state index in [1.807, 2.05) is 60.4 Å². The number of hydrogen-bond acceptors (Lipinski definition) is 5. The van der Waals surface area contributed by atoms with Crippen molar-refractivity contribution in [1.29, 1.82) is 0 Å². The number of rotatable bonds is 4. The minimum atomic E-state index is -4.76. The Morgan fingerprint density at radius 3 is 2.38 bits per heavy atom. The van der Waals surface area contributed by atoms with Crippen LogP contribution < -0.4 is 10.5 Å². The lowest BCUT2D eigenvalue weighted by Gasteiger charge is -2.33. The van der Waals surface area contributed by atoms with E-state index >= 15 is 0 Å². The first-order chi connectivity index (χ1) is 16.3. The van der Waals surface area contributed by atoms with Crippen molar-refractivity contribution in [2.24, 2.45) is 15.7 Å². The van der Waals surface area contributed by atoms with E-state index in [1.165, 1.54) is 18.2 Å². The molecule has 0 fully saturated rings. The van der Waals surface area contributed by atoms with E-state index in [0.717, 1.165) is 41.1 Å². The first kappa shape index (κ1) is 22.0. The molecule has 0 saturated heterocycles. The number of aliphatic imine (C=N–C) groups is 2. The Hall–Kier alpha value is -3.81. The molecule has 2 aliphatic rings. The highest BCUT2D eigenvalue weighted by Crippen LogP contribution is 2.42. The van der Waals surface area contributed by atoms with Gasteiger partial charge in [0.05, 0.1) is 0 Å². The van der Waals surface area contributed by atoms with Crippen LogP contribution >= 0.6 is 0 Å². The fraction of sp³-hybridized carbons (Fsp3) is 0.231. The molecule has 0 bridgehead atoms. The van der Waals surface area contributed by atoms with E-state index in [2.05, 4.69) is 4.74 Å². The summed E-state index contributed by atoms with van der Waals surface area (Å²) in [5.41, 5.74) is 9.65. The number of nitrogens with two attached hydrogens (primary N) is 1. The topological polar surface area (TPSA) is 63.2 Å². The van der Waals surface area contributed by atoms with Gasteiger partial charge in [0.2, 0.25) is 0 Å². The molecular weight excluding hydrogens is 441 g/mol. The third-order valence-corrected chi connectivity index (χ3v) is 6.09. The predicted octanol–water partition coefficient (Wildman–Crippen LogP) is 5.24. The summed E-state index contributed by atoms with van der Waals surface area (Å²) in [6.07, 6.45) is -3.87. The number of guanidine groups is 1. The van der Waals surface area contributed by atoms with Crippen LogP contribution in [0.2, 0.25) is 0 Å². The molecule has 0 radical (unpaired) electrons. The standard InChI is InChI=1S/C26H23F3N4O/c1-17-9-11-20(12-10-17)25(23-31-13-4-14-33(23)24(30)32-25)21-7-2-5-18(15-21)19-6-3-8-22(16-19)34-26(27,28)29/h2-3,5-12,15-16H,4,13-14H2,1H3,(H2,30,32). The number of fused-ring (bicyclic) bond motifs is 1. The number of aryl methyl sites for hydroxylation is 1. The predicted molar refractivity (Wildman–Crippen MR) is 126 cm³/mol. The van der Waals surface area contributed by atoms with Crippen molar-refractivity contribution in [3.05, 3.63) is 89.5 Å². The summed E-state index contributed by atoms with van der Waals surface area (Å²) < 4.78 is 42.3. The maximum absolute atomic E-state index is 12.7. The van der Waals surface area contributed by atoms with Crippen LogP contribution in [0.1, 0.15) is 23.1 Å². The van der Waals surface area contributed by atoms with Gasteiger partial charge in [0.15, 0.2) is 11.5 Å². The smallest absolute Gasteiger partial charge is 0.406 e. The van der Waals surface area contributed by atoms with Gasteiger partial charge in [0.1, 0.15) is 11.6 Å². The van der Waals surface area contributed by atoms with Crippen LogP contribution in [0.4, 0.5) is 13.2 Å². The summed E-state index contributed by atoms with van der Waals surface area (Å²) in [7, 11) is 0. The van der Waals surface area contributed by atoms with E-state index in [-0.39, 0.29) is 5.75 Å². The normalized spacial score (nSPS) is 19.9. The fourth-order valence-corrected chi connectivity index (χ4v) is 4.57. The van der Waals surface area contributed by atoms with Crippen molar-refractivity contribution in [3.8, 4) is 16.9 Å². The van der Waals surface area contributed by atoms with Gasteiger partial charge in [-0.25, -0.2) is 4.99 Å². The molecule has 0 spiro atoms. The molecule has 0 saturated carbocycles. The van der Waals surface area contributed by atoms with Crippen molar-refractivity contribution in [1.82, 2.24) is 4.90 Å². The van der Waals surface area contributed by atoms with Gasteiger partial charge >= 0.3 is 6.36 Å². The monoisotopic (exact) mass is 464 g/mol. The molecule has 0 amide bonds. The Labute approximate surface area is 195 Å². The van der Waals surface area contributed by atoms with Gasteiger partial charge in [-0.15, -0.1) is 13.2 Å². The lowest BCUT2D eigenvalue weighted by molar-refractivity contribution is -0.274. The molecule has 0 aliphatic carbocycles. The molecule has 174 valence electrons. The maximum Gasteiger partial charge on any atom is 0.573 e. The number of benzene rings is 3. The molecule has 3 aromatic carbocycles. The lowest BCUT2D eigenvalue weighted by Crippen LogP contribution is -2.46. The van der Waals surface area contributed by atoms with E-state index in [0.29, 0.717) is 18.1 Å². The lowest BCUT2D eigenvalue weighted by atomic mass is 9.80. The second kappa shape index (κ2) is 8.20. The minimum Gasteiger partial charge on any atom is -0.406 e. The van der Waals surface area contributed by atoms with Gasteiger partial charge < -0.3 is 10.5 Å². The zero-order valence-electron chi connectivity index (χ0n) is 18.5. The Morgan fingerprint density at radius 2 is 1.65 bits per heavy atom. The van der Waals surface area contributed by atoms with Crippen molar-refractivity contribution in [3.63, 3.8) is 0 Å². The molecule has 2 N–H and O–H groups in total. The Kier molecular flexibility index (Phi) is 5.31. The average molecular weight is 464 g/mol. The first-order valence-electron chi connectivity index (χ1n) is 11.0. The molecule has 5 nitrogen and oxygen atoms in total. The van der Waals surface area contributed by atoms with Gasteiger partial charge in [-0.1, -0.05) is 60.2 Å². The molecule has 1 unspecified atom stereocenters. The molecule has 1 atom stereocenters. The molecule has 34 heavy (non-hydrogen) atoms. The van der Waals surface area contributed by atoms with E-state index in [9.17, 15) is 13.2 Å². The quantitative estimate of drug-likeness (QED) is 0.575. The number of alkyl halides is 3. The van der Waals surface area contributed by atoms with Crippen LogP contribution in [-0.2, 0) is 5.54 Å². The Bertz CT molecular complexity index is 1280. The maximum atomic E-state index is 12.7. The van der Waals surface area contributed by atoms with Crippen LogP contribution in [0.15, 0.2) is 82.8 Å². The highest BCUT2D eigenvalue weighted by molar-refractivity contribution is 6.12. The average Bonchev–Trinajstić information content (AvgIpc) is 3.12. The first-order valence-corrected chi connectivity index (χ1v) is 11.0. The molecule has 2 heterocycles. The van der Waals surface area contributed by atoms with Gasteiger partial charge in [0, 0.05) is 13.1 Å². The minimum absolute atomic E-state index is 0.269. The second-order valence-electron chi connectivity index (χ2n) is 8.41. The Morgan fingerprint density at radius 1 is 0.941 bits per heavy atom.